The summed E-state index contributed by atoms with van der Waals surface area (Å²) in [7, 11) is 0. The van der Waals surface area contributed by atoms with Crippen molar-refractivity contribution in [1.82, 2.24) is 0 Å². The number of carbonyl (C=O) groups excluding carboxylic acids is 1. The van der Waals surface area contributed by atoms with Gasteiger partial charge in [-0.15, -0.1) is 0 Å². The van der Waals surface area contributed by atoms with E-state index in [1.807, 2.05) is 0 Å². The molecule has 2 rings (SSSR count). The first-order valence-electron chi connectivity index (χ1n) is 5.49. The van der Waals surface area contributed by atoms with Crippen LogP contribution in [0.25, 0.3) is 0 Å². The Morgan fingerprint density at radius 3 is 2.60 bits per heavy atom. The second-order valence-electron chi connectivity index (χ2n) is 3.86. The normalized spacial score (nSPS) is 10.1. The number of hydrogen-bond acceptors (Lipinski definition) is 3. The molecular weight excluding hydrogens is 348 g/mol. The van der Waals surface area contributed by atoms with E-state index in [0.717, 1.165) is 0 Å². The monoisotopic (exact) mass is 354 g/mol. The highest BCUT2D eigenvalue weighted by molar-refractivity contribution is 9.10. The van der Waals surface area contributed by atoms with Crippen LogP contribution in [-0.4, -0.2) is 10.8 Å². The summed E-state index contributed by atoms with van der Waals surface area (Å²) in [4.78, 5) is 22.3. The van der Waals surface area contributed by atoms with Crippen LogP contribution < -0.4 is 5.32 Å². The number of nitro groups is 1. The Balaban J connectivity index is 2.28. The average molecular weight is 356 g/mol. The number of para-hydroxylation sites is 1. The number of halogens is 2. The molecule has 0 radical (unpaired) electrons. The third-order valence-electron chi connectivity index (χ3n) is 2.53. The fourth-order valence-corrected chi connectivity index (χ4v) is 2.13. The first-order valence-corrected chi connectivity index (χ1v) is 6.66. The Kier molecular flexibility index (Phi) is 4.36. The number of nitrogens with one attached hydrogen (secondary N) is 1. The number of benzene rings is 2. The molecule has 1 amide bonds. The van der Waals surface area contributed by atoms with Crippen molar-refractivity contribution in [2.45, 2.75) is 0 Å². The zero-order valence-electron chi connectivity index (χ0n) is 9.97. The molecule has 20 heavy (non-hydrogen) atoms. The van der Waals surface area contributed by atoms with Crippen molar-refractivity contribution in [3.8, 4) is 0 Å². The predicted octanol–water partition coefficient (Wildman–Crippen LogP) is 4.26. The molecule has 0 fully saturated rings. The van der Waals surface area contributed by atoms with Crippen LogP contribution in [0.3, 0.4) is 0 Å². The molecule has 0 atom stereocenters. The lowest BCUT2D eigenvalue weighted by atomic mass is 10.2. The average Bonchev–Trinajstić information content (AvgIpc) is 2.41. The maximum atomic E-state index is 12.0. The maximum absolute atomic E-state index is 12.0. The number of amides is 1. The van der Waals surface area contributed by atoms with Crippen molar-refractivity contribution >= 4 is 44.8 Å². The van der Waals surface area contributed by atoms with E-state index in [1.54, 1.807) is 24.3 Å². The Morgan fingerprint density at radius 2 is 1.95 bits per heavy atom. The van der Waals surface area contributed by atoms with Gasteiger partial charge >= 0.3 is 0 Å². The quantitative estimate of drug-likeness (QED) is 0.660. The lowest BCUT2D eigenvalue weighted by molar-refractivity contribution is -0.385. The van der Waals surface area contributed by atoms with Gasteiger partial charge in [0.15, 0.2) is 0 Å². The molecular formula is C13H8BrClN2O3. The van der Waals surface area contributed by atoms with Gasteiger partial charge in [0, 0.05) is 11.6 Å². The molecule has 0 saturated heterocycles. The minimum atomic E-state index is -0.559. The van der Waals surface area contributed by atoms with Gasteiger partial charge in [-0.25, -0.2) is 0 Å². The van der Waals surface area contributed by atoms with Crippen molar-refractivity contribution in [2.24, 2.45) is 0 Å². The first-order chi connectivity index (χ1) is 9.49. The van der Waals surface area contributed by atoms with Crippen LogP contribution in [0.1, 0.15) is 10.4 Å². The van der Waals surface area contributed by atoms with Gasteiger partial charge in [0.1, 0.15) is 0 Å². The van der Waals surface area contributed by atoms with Crippen molar-refractivity contribution in [2.75, 3.05) is 5.32 Å². The van der Waals surface area contributed by atoms with Gasteiger partial charge in [-0.05, 0) is 40.2 Å². The van der Waals surface area contributed by atoms with E-state index in [2.05, 4.69) is 21.2 Å². The number of rotatable bonds is 3. The number of anilines is 1. The fraction of sp³-hybridized carbons (Fsp3) is 0. The zero-order chi connectivity index (χ0) is 14.7. The van der Waals surface area contributed by atoms with E-state index in [1.165, 1.54) is 18.2 Å². The summed E-state index contributed by atoms with van der Waals surface area (Å²) in [5.74, 6) is -0.464. The van der Waals surface area contributed by atoms with E-state index in [9.17, 15) is 14.9 Å². The lowest BCUT2D eigenvalue weighted by Gasteiger charge is -2.07. The fourth-order valence-electron chi connectivity index (χ4n) is 1.55. The highest BCUT2D eigenvalue weighted by Crippen LogP contribution is 2.27. The molecule has 0 aliphatic rings. The minimum Gasteiger partial charge on any atom is -0.321 e. The SMILES string of the molecule is O=C(Nc1ccccc1Cl)c1ccc(Br)c([N+](=O)[O-])c1. The molecule has 0 aliphatic heterocycles. The molecule has 0 saturated carbocycles. The standard InChI is InChI=1S/C13H8BrClN2O3/c14-9-6-5-8(7-12(9)17(19)20)13(18)16-11-4-2-1-3-10(11)15/h1-7H,(H,16,18). The largest absolute Gasteiger partial charge is 0.321 e. The van der Waals surface area contributed by atoms with Crippen molar-refractivity contribution in [1.29, 1.82) is 0 Å². The van der Waals surface area contributed by atoms with Gasteiger partial charge in [-0.2, -0.15) is 0 Å². The van der Waals surface area contributed by atoms with Gasteiger partial charge in [0.05, 0.1) is 20.1 Å². The molecule has 5 nitrogen and oxygen atoms in total. The third-order valence-corrected chi connectivity index (χ3v) is 3.53. The van der Waals surface area contributed by atoms with Gasteiger partial charge in [-0.3, -0.25) is 14.9 Å². The maximum Gasteiger partial charge on any atom is 0.284 e. The number of carbonyl (C=O) groups is 1. The molecule has 0 aliphatic carbocycles. The van der Waals surface area contributed by atoms with Crippen molar-refractivity contribution in [3.63, 3.8) is 0 Å². The van der Waals surface area contributed by atoms with E-state index >= 15 is 0 Å². The highest BCUT2D eigenvalue weighted by atomic mass is 79.9. The summed E-state index contributed by atoms with van der Waals surface area (Å²) >= 11 is 9.00. The van der Waals surface area contributed by atoms with Crippen LogP contribution in [0.15, 0.2) is 46.9 Å². The Labute approximate surface area is 127 Å². The smallest absolute Gasteiger partial charge is 0.284 e. The molecule has 2 aromatic rings. The number of nitro benzene ring substituents is 1. The van der Waals surface area contributed by atoms with Crippen molar-refractivity contribution in [3.05, 3.63) is 67.6 Å². The molecule has 0 aromatic heterocycles. The van der Waals surface area contributed by atoms with E-state index < -0.39 is 10.8 Å². The summed E-state index contributed by atoms with van der Waals surface area (Å²) in [6, 6.07) is 10.9. The Bertz CT molecular complexity index is 691. The van der Waals surface area contributed by atoms with Gasteiger partial charge in [-0.1, -0.05) is 23.7 Å². The predicted molar refractivity (Wildman–Crippen MR) is 80.2 cm³/mol. The summed E-state index contributed by atoms with van der Waals surface area (Å²) in [6.07, 6.45) is 0. The van der Waals surface area contributed by atoms with Gasteiger partial charge in [0.25, 0.3) is 11.6 Å². The second-order valence-corrected chi connectivity index (χ2v) is 5.12. The van der Waals surface area contributed by atoms with Gasteiger partial charge < -0.3 is 5.32 Å². The molecule has 0 spiro atoms. The van der Waals surface area contributed by atoms with Crippen LogP contribution in [0, 0.1) is 10.1 Å². The third kappa shape index (κ3) is 3.15. The molecule has 0 bridgehead atoms. The van der Waals surface area contributed by atoms with Crippen LogP contribution >= 0.6 is 27.5 Å². The summed E-state index contributed by atoms with van der Waals surface area (Å²) in [6.45, 7) is 0. The molecule has 0 unspecified atom stereocenters. The van der Waals surface area contributed by atoms with Crippen LogP contribution in [0.2, 0.25) is 5.02 Å². The van der Waals surface area contributed by atoms with Crippen LogP contribution in [-0.2, 0) is 0 Å². The Hall–Kier alpha value is -1.92. The second kappa shape index (κ2) is 6.02. The van der Waals surface area contributed by atoms with Crippen LogP contribution in [0.5, 0.6) is 0 Å². The van der Waals surface area contributed by atoms with Gasteiger partial charge in [0.2, 0.25) is 0 Å². The minimum absolute atomic E-state index is 0.170. The topological polar surface area (TPSA) is 72.2 Å². The zero-order valence-corrected chi connectivity index (χ0v) is 12.3. The molecule has 7 heteroatoms. The summed E-state index contributed by atoms with van der Waals surface area (Å²) < 4.78 is 0.316. The number of nitrogens with zero attached hydrogens (tertiary/aromatic N) is 1. The molecule has 102 valence electrons. The highest BCUT2D eigenvalue weighted by Gasteiger charge is 2.16. The number of hydrogen-bond donors (Lipinski definition) is 1. The van der Waals surface area contributed by atoms with Crippen LogP contribution in [0.4, 0.5) is 11.4 Å². The van der Waals surface area contributed by atoms with E-state index in [0.29, 0.717) is 15.2 Å². The van der Waals surface area contributed by atoms with Crippen molar-refractivity contribution < 1.29 is 9.72 Å². The molecule has 0 heterocycles. The first kappa shape index (κ1) is 14.5. The van der Waals surface area contributed by atoms with E-state index in [4.69, 9.17) is 11.6 Å². The molecule has 2 aromatic carbocycles. The molecule has 1 N–H and O–H groups in total. The lowest BCUT2D eigenvalue weighted by Crippen LogP contribution is -2.12. The Morgan fingerprint density at radius 1 is 1.25 bits per heavy atom. The summed E-state index contributed by atoms with van der Waals surface area (Å²) in [5.41, 5.74) is 0.460. The van der Waals surface area contributed by atoms with E-state index in [-0.39, 0.29) is 11.3 Å². The summed E-state index contributed by atoms with van der Waals surface area (Å²) in [5, 5.41) is 13.8.